The molecule has 1 aliphatic rings. The summed E-state index contributed by atoms with van der Waals surface area (Å²) in [6, 6.07) is 35.9. The van der Waals surface area contributed by atoms with Gasteiger partial charge in [-0.15, -0.1) is 57.7 Å². The van der Waals surface area contributed by atoms with Crippen molar-refractivity contribution in [3.63, 3.8) is 0 Å². The van der Waals surface area contributed by atoms with Gasteiger partial charge in [-0.3, -0.25) is 6.08 Å². The van der Waals surface area contributed by atoms with Gasteiger partial charge in [0.05, 0.1) is 0 Å². The van der Waals surface area contributed by atoms with E-state index in [1.165, 1.54) is 45.8 Å². The Kier molecular flexibility index (Phi) is 11.6. The molecule has 160 valence electrons. The summed E-state index contributed by atoms with van der Waals surface area (Å²) in [6.07, 6.45) is 10.0. The number of benzene rings is 4. The fraction of sp³-hybridized carbons (Fsp3) is 0.0333. The smallest absolute Gasteiger partial charge is 0.872 e. The van der Waals surface area contributed by atoms with Crippen LogP contribution in [0, 0.1) is 6.08 Å². The van der Waals surface area contributed by atoms with Gasteiger partial charge in [-0.2, -0.15) is 6.08 Å². The molecular formula is C30H24O2Zr. The Morgan fingerprint density at radius 1 is 0.576 bits per heavy atom. The van der Waals surface area contributed by atoms with Gasteiger partial charge in [-0.1, -0.05) is 97.1 Å². The van der Waals surface area contributed by atoms with Crippen LogP contribution in [0.3, 0.4) is 0 Å². The van der Waals surface area contributed by atoms with Gasteiger partial charge in [0.25, 0.3) is 0 Å². The van der Waals surface area contributed by atoms with Gasteiger partial charge in [0.2, 0.25) is 0 Å². The van der Waals surface area contributed by atoms with E-state index in [1.807, 2.05) is 24.3 Å². The molecule has 0 radical (unpaired) electrons. The molecule has 5 aromatic rings. The molecule has 0 aromatic heterocycles. The predicted molar refractivity (Wildman–Crippen MR) is 130 cm³/mol. The minimum Gasteiger partial charge on any atom is -0.872 e. The number of allylic oxidation sites excluding steroid dienone is 4. The molecule has 0 N–H and O–H groups in total. The predicted octanol–water partition coefficient (Wildman–Crippen LogP) is 6.54. The third-order valence-corrected chi connectivity index (χ3v) is 4.60. The van der Waals surface area contributed by atoms with Crippen LogP contribution in [-0.2, 0) is 26.2 Å². The molecule has 33 heavy (non-hydrogen) atoms. The second kappa shape index (κ2) is 14.7. The molecule has 0 amide bonds. The van der Waals surface area contributed by atoms with Gasteiger partial charge in [0, 0.05) is 0 Å². The van der Waals surface area contributed by atoms with E-state index in [9.17, 15) is 10.2 Å². The largest absolute Gasteiger partial charge is 4.00 e. The molecule has 6 rings (SSSR count). The molecule has 0 heterocycles. The van der Waals surface area contributed by atoms with Gasteiger partial charge >= 0.3 is 26.2 Å². The summed E-state index contributed by atoms with van der Waals surface area (Å²) < 4.78 is 0. The van der Waals surface area contributed by atoms with Crippen LogP contribution in [0.4, 0.5) is 0 Å². The van der Waals surface area contributed by atoms with Crippen LogP contribution in [0.1, 0.15) is 6.42 Å². The molecule has 0 saturated heterocycles. The van der Waals surface area contributed by atoms with E-state index >= 15 is 0 Å². The normalized spacial score (nSPS) is 10.7. The van der Waals surface area contributed by atoms with Crippen molar-refractivity contribution in [3.8, 4) is 11.5 Å². The second-order valence-corrected chi connectivity index (χ2v) is 6.95. The number of para-hydroxylation sites is 2. The van der Waals surface area contributed by atoms with E-state index in [-0.39, 0.29) is 37.7 Å². The maximum atomic E-state index is 10.3. The molecule has 0 atom stereocenters. The van der Waals surface area contributed by atoms with E-state index in [4.69, 9.17) is 0 Å². The Bertz CT molecular complexity index is 1160. The monoisotopic (exact) mass is 506 g/mol. The summed E-state index contributed by atoms with van der Waals surface area (Å²) in [5.74, 6) is 0.144. The molecule has 0 unspecified atom stereocenters. The van der Waals surface area contributed by atoms with Crippen LogP contribution in [0.15, 0.2) is 133 Å². The molecule has 0 spiro atoms. The summed E-state index contributed by atoms with van der Waals surface area (Å²) in [4.78, 5) is 0. The Balaban J connectivity index is 0.000000166. The number of hydrogen-bond donors (Lipinski definition) is 0. The first kappa shape index (κ1) is 26.0. The standard InChI is InChI=1S/C13H9.2C6H6O.C5H5.Zr/c1-3-7-12-10(5-1)9-11-6-2-4-8-13(11)12;2*7-6-4-2-1-3-5-6;1-2-4-5-3-1;/h1-9H;2*1-5,7H;1-3H,4H2;/q-1;;;-1;+4/p-2. The molecule has 2 nitrogen and oxygen atoms in total. The maximum absolute atomic E-state index is 10.3. The SMILES string of the molecule is [C-]1=CC=CC1.[O-]c1ccccc1.[O-]c1ccccc1.[Zr+4].c1ccc2c(c1)[cH-]c1ccccc12. The van der Waals surface area contributed by atoms with Crippen molar-refractivity contribution < 1.29 is 36.4 Å². The van der Waals surface area contributed by atoms with Crippen molar-refractivity contribution >= 4 is 21.5 Å². The minimum atomic E-state index is 0. The van der Waals surface area contributed by atoms with Crippen molar-refractivity contribution in [2.75, 3.05) is 0 Å². The summed E-state index contributed by atoms with van der Waals surface area (Å²) in [6.45, 7) is 0. The zero-order valence-corrected chi connectivity index (χ0v) is 20.7. The number of hydrogen-bond acceptors (Lipinski definition) is 2. The first-order valence-corrected chi connectivity index (χ1v) is 10.4. The molecule has 0 aliphatic heterocycles. The Hall–Kier alpha value is -3.29. The van der Waals surface area contributed by atoms with Crippen molar-refractivity contribution in [1.29, 1.82) is 0 Å². The number of fused-ring (bicyclic) bond motifs is 3. The van der Waals surface area contributed by atoms with Crippen molar-refractivity contribution in [3.05, 3.63) is 140 Å². The first-order chi connectivity index (χ1) is 15.7. The molecule has 0 bridgehead atoms. The Labute approximate surface area is 214 Å². The van der Waals surface area contributed by atoms with Gasteiger partial charge in [-0.05, 0) is 0 Å². The zero-order chi connectivity index (χ0) is 22.4. The van der Waals surface area contributed by atoms with Crippen LogP contribution in [0.5, 0.6) is 11.5 Å². The molecular weight excluding hydrogens is 484 g/mol. The average molecular weight is 508 g/mol. The van der Waals surface area contributed by atoms with Crippen molar-refractivity contribution in [2.24, 2.45) is 0 Å². The van der Waals surface area contributed by atoms with Crippen LogP contribution in [0.25, 0.3) is 21.5 Å². The average Bonchev–Trinajstić information content (AvgIpc) is 3.53. The van der Waals surface area contributed by atoms with E-state index in [0.717, 1.165) is 6.42 Å². The van der Waals surface area contributed by atoms with Crippen LogP contribution < -0.4 is 10.2 Å². The fourth-order valence-electron chi connectivity index (χ4n) is 3.09. The fourth-order valence-corrected chi connectivity index (χ4v) is 3.09. The zero-order valence-electron chi connectivity index (χ0n) is 18.2. The summed E-state index contributed by atoms with van der Waals surface area (Å²) >= 11 is 0. The molecule has 1 aliphatic carbocycles. The van der Waals surface area contributed by atoms with Crippen molar-refractivity contribution in [1.82, 2.24) is 0 Å². The second-order valence-electron chi connectivity index (χ2n) is 6.95. The van der Waals surface area contributed by atoms with E-state index < -0.39 is 0 Å². The summed E-state index contributed by atoms with van der Waals surface area (Å²) in [5.41, 5.74) is 0. The van der Waals surface area contributed by atoms with Crippen molar-refractivity contribution in [2.45, 2.75) is 6.42 Å². The topological polar surface area (TPSA) is 46.1 Å². The number of rotatable bonds is 0. The molecule has 0 saturated carbocycles. The van der Waals surface area contributed by atoms with Gasteiger partial charge in [0.15, 0.2) is 0 Å². The van der Waals surface area contributed by atoms with Crippen LogP contribution in [0.2, 0.25) is 0 Å². The quantitative estimate of drug-likeness (QED) is 0.224. The van der Waals surface area contributed by atoms with Gasteiger partial charge in [0.1, 0.15) is 0 Å². The van der Waals surface area contributed by atoms with E-state index in [0.29, 0.717) is 0 Å². The van der Waals surface area contributed by atoms with Crippen LogP contribution >= 0.6 is 0 Å². The maximum Gasteiger partial charge on any atom is 4.00 e. The Morgan fingerprint density at radius 3 is 1.30 bits per heavy atom. The summed E-state index contributed by atoms with van der Waals surface area (Å²) in [5, 5.41) is 25.9. The molecule has 3 heteroatoms. The summed E-state index contributed by atoms with van der Waals surface area (Å²) in [7, 11) is 0. The first-order valence-electron chi connectivity index (χ1n) is 10.4. The van der Waals surface area contributed by atoms with E-state index in [2.05, 4.69) is 66.7 Å². The minimum absolute atomic E-state index is 0. The Morgan fingerprint density at radius 2 is 1.00 bits per heavy atom. The molecule has 5 aromatic carbocycles. The van der Waals surface area contributed by atoms with E-state index in [1.54, 1.807) is 24.3 Å². The van der Waals surface area contributed by atoms with Gasteiger partial charge < -0.3 is 10.2 Å². The third-order valence-electron chi connectivity index (χ3n) is 4.60. The van der Waals surface area contributed by atoms with Gasteiger partial charge in [-0.25, -0.2) is 12.2 Å². The molecule has 0 fully saturated rings. The van der Waals surface area contributed by atoms with Crippen LogP contribution in [-0.4, -0.2) is 0 Å². The third kappa shape index (κ3) is 9.00.